The van der Waals surface area contributed by atoms with Gasteiger partial charge in [-0.05, 0) is 35.9 Å². The lowest BCUT2D eigenvalue weighted by atomic mass is 9.83. The number of carbonyl (C=O) groups is 1. The maximum atomic E-state index is 12.5. The van der Waals surface area contributed by atoms with E-state index in [1.807, 2.05) is 48.5 Å². The van der Waals surface area contributed by atoms with Crippen LogP contribution in [-0.2, 0) is 5.41 Å². The Bertz CT molecular complexity index is 617. The number of benzene rings is 2. The molecule has 2 N–H and O–H groups in total. The first-order valence-electron chi connectivity index (χ1n) is 6.55. The highest BCUT2D eigenvalue weighted by atomic mass is 79.9. The zero-order valence-corrected chi connectivity index (χ0v) is 13.3. The Morgan fingerprint density at radius 1 is 1.10 bits per heavy atom. The summed E-state index contributed by atoms with van der Waals surface area (Å²) in [7, 11) is 0. The van der Waals surface area contributed by atoms with E-state index >= 15 is 0 Å². The van der Waals surface area contributed by atoms with Gasteiger partial charge in [0.2, 0.25) is 0 Å². The molecule has 2 nitrogen and oxygen atoms in total. The molecule has 0 aliphatic carbocycles. The number of ketones is 1. The average molecular weight is 332 g/mol. The normalized spacial score (nSPS) is 11.4. The molecule has 2 aromatic rings. The number of rotatable bonds is 4. The smallest absolute Gasteiger partial charge is 0.193 e. The van der Waals surface area contributed by atoms with E-state index in [0.717, 1.165) is 10.0 Å². The van der Waals surface area contributed by atoms with Crippen molar-refractivity contribution < 1.29 is 4.79 Å². The first-order chi connectivity index (χ1) is 9.44. The lowest BCUT2D eigenvalue weighted by Gasteiger charge is -2.23. The van der Waals surface area contributed by atoms with Gasteiger partial charge in [-0.25, -0.2) is 0 Å². The molecule has 0 radical (unpaired) electrons. The van der Waals surface area contributed by atoms with Gasteiger partial charge in [0.15, 0.2) is 5.78 Å². The van der Waals surface area contributed by atoms with Crippen LogP contribution >= 0.6 is 15.9 Å². The molecule has 0 aliphatic heterocycles. The third kappa shape index (κ3) is 3.17. The third-order valence-corrected chi connectivity index (χ3v) is 4.05. The van der Waals surface area contributed by atoms with Crippen LogP contribution in [0.4, 0.5) is 0 Å². The number of halogens is 1. The first kappa shape index (κ1) is 14.9. The van der Waals surface area contributed by atoms with Gasteiger partial charge in [0.05, 0.1) is 0 Å². The number of hydrogen-bond acceptors (Lipinski definition) is 2. The minimum Gasteiger partial charge on any atom is -0.330 e. The van der Waals surface area contributed by atoms with Crippen molar-refractivity contribution in [1.29, 1.82) is 0 Å². The largest absolute Gasteiger partial charge is 0.330 e. The Kier molecular flexibility index (Phi) is 4.41. The van der Waals surface area contributed by atoms with Crippen LogP contribution in [-0.4, -0.2) is 12.3 Å². The molecule has 0 fully saturated rings. The topological polar surface area (TPSA) is 43.1 Å². The van der Waals surface area contributed by atoms with Gasteiger partial charge < -0.3 is 5.73 Å². The van der Waals surface area contributed by atoms with Gasteiger partial charge >= 0.3 is 0 Å². The van der Waals surface area contributed by atoms with Gasteiger partial charge in [-0.3, -0.25) is 4.79 Å². The van der Waals surface area contributed by atoms with E-state index in [0.29, 0.717) is 17.7 Å². The summed E-state index contributed by atoms with van der Waals surface area (Å²) in [5.74, 6) is 0.0344. The Morgan fingerprint density at radius 2 is 1.75 bits per heavy atom. The fraction of sp³-hybridized carbons (Fsp3) is 0.235. The highest BCUT2D eigenvalue weighted by Crippen LogP contribution is 2.23. The van der Waals surface area contributed by atoms with E-state index in [1.165, 1.54) is 0 Å². The molecular weight excluding hydrogens is 314 g/mol. The highest BCUT2D eigenvalue weighted by Gasteiger charge is 2.20. The van der Waals surface area contributed by atoms with Gasteiger partial charge in [-0.1, -0.05) is 48.0 Å². The molecule has 104 valence electrons. The molecule has 0 amide bonds. The Balaban J connectivity index is 2.36. The SMILES string of the molecule is CC(C)(CN)c1cccc(C(=O)c2ccc(Br)cc2)c1. The Morgan fingerprint density at radius 3 is 2.35 bits per heavy atom. The van der Waals surface area contributed by atoms with Crippen molar-refractivity contribution in [2.24, 2.45) is 5.73 Å². The van der Waals surface area contributed by atoms with Crippen LogP contribution in [0, 0.1) is 0 Å². The monoisotopic (exact) mass is 331 g/mol. The lowest BCUT2D eigenvalue weighted by molar-refractivity contribution is 0.103. The predicted octanol–water partition coefficient (Wildman–Crippen LogP) is 3.92. The summed E-state index contributed by atoms with van der Waals surface area (Å²) >= 11 is 3.37. The van der Waals surface area contributed by atoms with Crippen LogP contribution in [0.1, 0.15) is 35.3 Å². The Hall–Kier alpha value is -1.45. The van der Waals surface area contributed by atoms with Crippen LogP contribution in [0.5, 0.6) is 0 Å². The molecule has 0 bridgehead atoms. The molecule has 0 heterocycles. The maximum Gasteiger partial charge on any atom is 0.193 e. The maximum absolute atomic E-state index is 12.5. The summed E-state index contributed by atoms with van der Waals surface area (Å²) in [5.41, 5.74) is 8.15. The molecule has 3 heteroatoms. The summed E-state index contributed by atoms with van der Waals surface area (Å²) in [4.78, 5) is 12.5. The molecule has 0 spiro atoms. The van der Waals surface area contributed by atoms with E-state index in [1.54, 1.807) is 0 Å². The number of nitrogens with two attached hydrogens (primary N) is 1. The minimum absolute atomic E-state index is 0.0344. The second kappa shape index (κ2) is 5.90. The van der Waals surface area contributed by atoms with Gasteiger partial charge in [-0.15, -0.1) is 0 Å². The van der Waals surface area contributed by atoms with E-state index < -0.39 is 0 Å². The third-order valence-electron chi connectivity index (χ3n) is 3.52. The second-order valence-corrected chi connectivity index (χ2v) is 6.42. The molecule has 0 aromatic heterocycles. The van der Waals surface area contributed by atoms with Crippen molar-refractivity contribution in [2.45, 2.75) is 19.3 Å². The van der Waals surface area contributed by atoms with E-state index in [4.69, 9.17) is 5.73 Å². The van der Waals surface area contributed by atoms with Gasteiger partial charge in [0.1, 0.15) is 0 Å². The molecule has 2 rings (SSSR count). The number of hydrogen-bond donors (Lipinski definition) is 1. The van der Waals surface area contributed by atoms with Crippen LogP contribution in [0.25, 0.3) is 0 Å². The molecule has 2 aromatic carbocycles. The molecule has 0 unspecified atom stereocenters. The minimum atomic E-state index is -0.129. The summed E-state index contributed by atoms with van der Waals surface area (Å²) in [5, 5.41) is 0. The van der Waals surface area contributed by atoms with Crippen LogP contribution in [0.2, 0.25) is 0 Å². The fourth-order valence-electron chi connectivity index (χ4n) is 1.97. The summed E-state index contributed by atoms with van der Waals surface area (Å²) in [6.45, 7) is 4.70. The van der Waals surface area contributed by atoms with Gasteiger partial charge in [-0.2, -0.15) is 0 Å². The zero-order valence-electron chi connectivity index (χ0n) is 11.7. The van der Waals surface area contributed by atoms with E-state index in [2.05, 4.69) is 29.8 Å². The molecule has 0 saturated heterocycles. The molecule has 0 saturated carbocycles. The zero-order chi connectivity index (χ0) is 14.8. The van der Waals surface area contributed by atoms with Crippen molar-refractivity contribution in [3.05, 3.63) is 69.7 Å². The number of carbonyl (C=O) groups excluding carboxylic acids is 1. The van der Waals surface area contributed by atoms with Gasteiger partial charge in [0, 0.05) is 27.6 Å². The quantitative estimate of drug-likeness (QED) is 0.863. The molecule has 0 atom stereocenters. The summed E-state index contributed by atoms with van der Waals surface area (Å²) in [6, 6.07) is 15.1. The van der Waals surface area contributed by atoms with Crippen molar-refractivity contribution in [3.8, 4) is 0 Å². The van der Waals surface area contributed by atoms with Gasteiger partial charge in [0.25, 0.3) is 0 Å². The van der Waals surface area contributed by atoms with Crippen LogP contribution in [0.15, 0.2) is 53.0 Å². The standard InChI is InChI=1S/C17H18BrNO/c1-17(2,11-19)14-5-3-4-13(10-14)16(20)12-6-8-15(18)9-7-12/h3-10H,11,19H2,1-2H3. The van der Waals surface area contributed by atoms with Crippen molar-refractivity contribution in [2.75, 3.05) is 6.54 Å². The molecule has 0 aliphatic rings. The summed E-state index contributed by atoms with van der Waals surface area (Å²) in [6.07, 6.45) is 0. The lowest BCUT2D eigenvalue weighted by Crippen LogP contribution is -2.28. The van der Waals surface area contributed by atoms with E-state index in [-0.39, 0.29) is 11.2 Å². The van der Waals surface area contributed by atoms with Crippen molar-refractivity contribution >= 4 is 21.7 Å². The van der Waals surface area contributed by atoms with Crippen LogP contribution < -0.4 is 5.73 Å². The second-order valence-electron chi connectivity index (χ2n) is 5.50. The fourth-order valence-corrected chi connectivity index (χ4v) is 2.23. The molecule has 20 heavy (non-hydrogen) atoms. The summed E-state index contributed by atoms with van der Waals surface area (Å²) < 4.78 is 0.965. The molecular formula is C17H18BrNO. The van der Waals surface area contributed by atoms with E-state index in [9.17, 15) is 4.79 Å². The van der Waals surface area contributed by atoms with Crippen LogP contribution in [0.3, 0.4) is 0 Å². The Labute approximate surface area is 128 Å². The first-order valence-corrected chi connectivity index (χ1v) is 7.34. The van der Waals surface area contributed by atoms with Crippen molar-refractivity contribution in [1.82, 2.24) is 0 Å². The highest BCUT2D eigenvalue weighted by molar-refractivity contribution is 9.10. The van der Waals surface area contributed by atoms with Crippen molar-refractivity contribution in [3.63, 3.8) is 0 Å². The predicted molar refractivity (Wildman–Crippen MR) is 86.1 cm³/mol. The average Bonchev–Trinajstić information content (AvgIpc) is 2.47.